The van der Waals surface area contributed by atoms with Gasteiger partial charge in [-0.3, -0.25) is 19.2 Å². The van der Waals surface area contributed by atoms with Gasteiger partial charge < -0.3 is 60.7 Å². The zero-order chi connectivity index (χ0) is 64.3. The Bertz CT molecular complexity index is 3770. The summed E-state index contributed by atoms with van der Waals surface area (Å²) in [5.41, 5.74) is -5.19. The van der Waals surface area contributed by atoms with Crippen molar-refractivity contribution in [2.45, 2.75) is 117 Å². The van der Waals surface area contributed by atoms with E-state index in [9.17, 15) is 77.8 Å². The molecule has 2 atom stereocenters. The van der Waals surface area contributed by atoms with Crippen molar-refractivity contribution in [1.29, 1.82) is 0 Å². The number of benzene rings is 4. The van der Waals surface area contributed by atoms with Crippen molar-refractivity contribution in [3.05, 3.63) is 161 Å². The molecule has 2 aliphatic rings. The van der Waals surface area contributed by atoms with Gasteiger partial charge in [-0.05, 0) is 126 Å². The van der Waals surface area contributed by atoms with E-state index in [0.29, 0.717) is 47.9 Å². The van der Waals surface area contributed by atoms with E-state index in [0.717, 1.165) is 52.6 Å². The Labute approximate surface area is 521 Å². The molecule has 0 saturated heterocycles. The number of aliphatic carboxylic acids is 1. The average Bonchev–Trinajstić information content (AvgIpc) is 0.814. The topological polar surface area (TPSA) is 270 Å². The minimum absolute atomic E-state index is 0. The summed E-state index contributed by atoms with van der Waals surface area (Å²) in [4.78, 5) is 76.9. The van der Waals surface area contributed by atoms with Crippen LogP contribution in [0, 0.1) is 37.1 Å². The number of aromatic nitrogens is 2. The van der Waals surface area contributed by atoms with Crippen molar-refractivity contribution >= 4 is 35.1 Å². The first-order valence-electron chi connectivity index (χ1n) is 27.3. The molecule has 0 unspecified atom stereocenters. The van der Waals surface area contributed by atoms with E-state index < -0.39 is 116 Å². The number of halogens is 10. The maximum atomic E-state index is 14.8. The molecule has 4 aromatic carbocycles. The van der Waals surface area contributed by atoms with Crippen molar-refractivity contribution in [3.8, 4) is 33.8 Å². The van der Waals surface area contributed by atoms with Crippen LogP contribution in [0.15, 0.2) is 70.3 Å². The number of hydrogen-bond donors (Lipinski definition) is 5. The molecule has 6 aromatic rings. The number of nitrogens with zero attached hydrogens (tertiary/aromatic N) is 2. The van der Waals surface area contributed by atoms with Gasteiger partial charge in [0.25, 0.3) is 22.9 Å². The number of anilines is 2. The third-order valence-corrected chi connectivity index (χ3v) is 14.5. The molecule has 482 valence electrons. The van der Waals surface area contributed by atoms with E-state index in [1.807, 2.05) is 0 Å². The first-order valence-corrected chi connectivity index (χ1v) is 27.3. The van der Waals surface area contributed by atoms with Crippen LogP contribution in [0.1, 0.15) is 106 Å². The Morgan fingerprint density at radius 2 is 0.956 bits per heavy atom. The third-order valence-electron chi connectivity index (χ3n) is 14.5. The molecule has 0 spiro atoms. The molecule has 0 bridgehead atoms. The number of hydrogen-bond acceptors (Lipinski definition) is 12. The molecule has 29 heteroatoms. The second-order valence-corrected chi connectivity index (χ2v) is 21.5. The number of aryl methyl sites for hydroxylation is 2. The third kappa shape index (κ3) is 16.4. The molecule has 0 aliphatic carbocycles. The van der Waals surface area contributed by atoms with Crippen LogP contribution in [-0.4, -0.2) is 93.4 Å². The Hall–Kier alpha value is -8.32. The maximum Gasteiger partial charge on any atom is 1.00 e. The van der Waals surface area contributed by atoms with E-state index >= 15 is 0 Å². The summed E-state index contributed by atoms with van der Waals surface area (Å²) in [6.07, 6.45) is -8.72. The van der Waals surface area contributed by atoms with Crippen LogP contribution >= 0.6 is 0 Å². The number of rotatable bonds is 16. The van der Waals surface area contributed by atoms with E-state index in [1.54, 1.807) is 27.7 Å². The number of alkyl halides is 6. The van der Waals surface area contributed by atoms with Crippen molar-refractivity contribution in [2.24, 2.45) is 14.1 Å². The molecular formula is C61H65F10LiN6O12. The van der Waals surface area contributed by atoms with Crippen molar-refractivity contribution < 1.29 is 112 Å². The van der Waals surface area contributed by atoms with Crippen LogP contribution in [0.5, 0.6) is 11.5 Å². The van der Waals surface area contributed by atoms with Gasteiger partial charge in [-0.25, -0.2) is 27.2 Å². The largest absolute Gasteiger partial charge is 1.00 e. The van der Waals surface area contributed by atoms with Crippen molar-refractivity contribution in [3.63, 3.8) is 0 Å². The maximum absolute atomic E-state index is 14.8. The van der Waals surface area contributed by atoms with Gasteiger partial charge in [-0.2, -0.15) is 26.3 Å². The quantitative estimate of drug-likeness (QED) is 0.0392. The van der Waals surface area contributed by atoms with E-state index in [2.05, 4.69) is 21.3 Å². The van der Waals surface area contributed by atoms with Crippen molar-refractivity contribution in [2.75, 3.05) is 31.0 Å². The normalized spacial score (nSPS) is 13.2. The Morgan fingerprint density at radius 1 is 0.611 bits per heavy atom. The molecule has 2 aromatic heterocycles. The van der Waals surface area contributed by atoms with Gasteiger partial charge in [-0.1, -0.05) is 24.3 Å². The van der Waals surface area contributed by atoms with Crippen LogP contribution in [-0.2, 0) is 66.5 Å². The number of esters is 1. The Balaban J connectivity index is 0.000000372. The fraction of sp³-hybridized carbons (Fsp3) is 0.377. The fourth-order valence-corrected chi connectivity index (χ4v) is 10.3. The first kappa shape index (κ1) is 74.1. The molecule has 90 heavy (non-hydrogen) atoms. The number of ether oxygens (including phenoxy) is 3. The molecule has 18 nitrogen and oxygen atoms in total. The van der Waals surface area contributed by atoms with E-state index in [4.69, 9.17) is 14.2 Å². The van der Waals surface area contributed by atoms with Gasteiger partial charge in [0.1, 0.15) is 58.0 Å². The van der Waals surface area contributed by atoms with Crippen LogP contribution in [0.25, 0.3) is 22.3 Å². The van der Waals surface area contributed by atoms with Gasteiger partial charge in [0.05, 0.1) is 42.6 Å². The van der Waals surface area contributed by atoms with E-state index in [-0.39, 0.29) is 113 Å². The van der Waals surface area contributed by atoms with Gasteiger partial charge in [0, 0.05) is 72.9 Å². The number of fused-ring (bicyclic) bond motifs is 2. The molecule has 2 aliphatic heterocycles. The minimum Gasteiger partial charge on any atom is -0.870 e. The number of amides is 2. The number of carbonyl (C=O) groups excluding carboxylic acids is 3. The van der Waals surface area contributed by atoms with Gasteiger partial charge in [0.2, 0.25) is 0 Å². The summed E-state index contributed by atoms with van der Waals surface area (Å²) in [6, 6.07) is 7.54. The number of methoxy groups -OCH3 is 1. The number of carboxylic acid groups (broad SMARTS) is 1. The standard InChI is InChI=1S/C31H32F5N3O5.C30H30F5N3O5.Li.2H2O/c1-15(2)37-18-13-22(32)26(23(33)14-18)28(40)38-24(30(42)43-5)12-17-8-9-20(27-19(17)7-6-10-44-27)25-21(31(34,35)36)11-16(3)39(4)29(25)41;1-14(2)36-17-12-21(31)25(22(32)13-17)27(39)37-23(29(41)42)11-16-7-8-19(26-18(16)6-5-9-43-26)24-20(30(33,34)35)10-15(3)38(4)28(24)40;;;/h8-9,11,13-15,24,37H,6-7,10,12H2,1-5H3,(H,38,40);7-8,10,12-14,23,36H,5-6,9,11H2,1-4H3,(H,37,39)(H,41,42);;2*1H2/q;;+1;;/p-1/t24-;23-;;;/m00.../s1. The Morgan fingerprint density at radius 3 is 1.28 bits per heavy atom. The zero-order valence-electron chi connectivity index (χ0n) is 50.5. The second-order valence-electron chi connectivity index (χ2n) is 21.5. The van der Waals surface area contributed by atoms with Crippen LogP contribution in [0.3, 0.4) is 0 Å². The molecule has 8 N–H and O–H groups in total. The molecule has 0 fully saturated rings. The fourth-order valence-electron chi connectivity index (χ4n) is 10.3. The van der Waals surface area contributed by atoms with E-state index in [1.165, 1.54) is 52.2 Å². The number of carboxylic acids is 1. The van der Waals surface area contributed by atoms with Gasteiger partial charge in [-0.15, -0.1) is 0 Å². The molecule has 0 saturated carbocycles. The monoisotopic (exact) mass is 1270 g/mol. The first-order chi connectivity index (χ1) is 40.7. The molecule has 4 heterocycles. The molecular weight excluding hydrogens is 1210 g/mol. The van der Waals surface area contributed by atoms with Crippen LogP contribution in [0.2, 0.25) is 0 Å². The van der Waals surface area contributed by atoms with Gasteiger partial charge >= 0.3 is 43.2 Å². The summed E-state index contributed by atoms with van der Waals surface area (Å²) >= 11 is 0. The summed E-state index contributed by atoms with van der Waals surface area (Å²) in [5, 5.41) is 20.0. The summed E-state index contributed by atoms with van der Waals surface area (Å²) in [5.74, 6) is -9.54. The van der Waals surface area contributed by atoms with Crippen molar-refractivity contribution in [1.82, 2.24) is 19.8 Å². The second kappa shape index (κ2) is 30.0. The predicted molar refractivity (Wildman–Crippen MR) is 307 cm³/mol. The van der Waals surface area contributed by atoms with Crippen LogP contribution in [0.4, 0.5) is 55.3 Å². The average molecular weight is 1270 g/mol. The number of nitrogens with one attached hydrogen (secondary N) is 4. The zero-order valence-corrected chi connectivity index (χ0v) is 50.5. The SMILES string of the molecule is COC(=O)[C@H](Cc1ccc(-c2c(C(F)(F)F)cc(C)n(C)c2=O)c2c1CCCO2)NC(=O)c1c(F)cc(NC(C)C)cc1F.Cc1cc(C(F)(F)F)c(-c2ccc(C[C@H](NC(=O)c3c(F)cc(NC(C)C)cc3F)C(=O)O)c3c2OCCC3)c(=O)n1C.O.[Li+].[OH-]. The molecule has 2 amide bonds. The molecule has 0 radical (unpaired) electrons. The summed E-state index contributed by atoms with van der Waals surface area (Å²) < 4.78 is 162. The van der Waals surface area contributed by atoms with Gasteiger partial charge in [0.15, 0.2) is 0 Å². The Kier molecular flexibility index (Phi) is 24.7. The van der Waals surface area contributed by atoms with Crippen LogP contribution < -0.4 is 60.7 Å². The minimum atomic E-state index is -4.85. The summed E-state index contributed by atoms with van der Waals surface area (Å²) in [7, 11) is 3.79. The smallest absolute Gasteiger partial charge is 0.870 e. The molecule has 8 rings (SSSR count). The predicted octanol–water partition coefficient (Wildman–Crippen LogP) is 6.55. The summed E-state index contributed by atoms with van der Waals surface area (Å²) in [6.45, 7) is 10.1. The number of carbonyl (C=O) groups is 4. The number of pyridine rings is 2.